The monoisotopic (exact) mass is 243 g/mol. The van der Waals surface area contributed by atoms with Crippen molar-refractivity contribution >= 4 is 5.82 Å². The molecule has 4 nitrogen and oxygen atoms in total. The minimum absolute atomic E-state index is 0.626. The summed E-state index contributed by atoms with van der Waals surface area (Å²) >= 11 is 0. The number of anilines is 1. The summed E-state index contributed by atoms with van der Waals surface area (Å²) in [5.41, 5.74) is 2.41. The zero-order valence-electron chi connectivity index (χ0n) is 10.7. The van der Waals surface area contributed by atoms with Gasteiger partial charge in [-0.05, 0) is 24.1 Å². The second-order valence-corrected chi connectivity index (χ2v) is 4.04. The number of nitrogens with one attached hydrogen (secondary N) is 1. The quantitative estimate of drug-likeness (QED) is 0.876. The smallest absolute Gasteiger partial charge is 0.129 e. The largest absolute Gasteiger partial charge is 0.380 e. The first kappa shape index (κ1) is 12.5. The van der Waals surface area contributed by atoms with Gasteiger partial charge < -0.3 is 10.1 Å². The summed E-state index contributed by atoms with van der Waals surface area (Å²) in [6.45, 7) is 3.24. The Kier molecular flexibility index (Phi) is 4.25. The fourth-order valence-corrected chi connectivity index (χ4v) is 1.77. The van der Waals surface area contributed by atoms with E-state index in [9.17, 15) is 0 Å². The molecule has 0 aliphatic heterocycles. The lowest BCUT2D eigenvalue weighted by atomic mass is 10.1. The van der Waals surface area contributed by atoms with Crippen molar-refractivity contribution in [2.24, 2.45) is 0 Å². The number of benzene rings is 1. The average Bonchev–Trinajstić information content (AvgIpc) is 2.38. The van der Waals surface area contributed by atoms with Gasteiger partial charge in [0.05, 0.1) is 6.61 Å². The van der Waals surface area contributed by atoms with E-state index in [-0.39, 0.29) is 0 Å². The van der Waals surface area contributed by atoms with Gasteiger partial charge in [-0.15, -0.1) is 0 Å². The van der Waals surface area contributed by atoms with Gasteiger partial charge in [0.1, 0.15) is 11.6 Å². The summed E-state index contributed by atoms with van der Waals surface area (Å²) in [5.74, 6) is 1.61. The highest BCUT2D eigenvalue weighted by Gasteiger charge is 2.02. The van der Waals surface area contributed by atoms with Gasteiger partial charge in [0.15, 0.2) is 0 Å². The van der Waals surface area contributed by atoms with E-state index < -0.39 is 0 Å². The molecule has 1 N–H and O–H groups in total. The first-order valence-corrected chi connectivity index (χ1v) is 5.89. The zero-order valence-corrected chi connectivity index (χ0v) is 10.7. The van der Waals surface area contributed by atoms with E-state index in [1.54, 1.807) is 13.3 Å². The standard InChI is InChI=1S/C14H17N3O/c1-11-15-8-7-14(17-11)16-9-12-5-3-4-6-13(12)10-18-2/h3-8H,9-10H2,1-2H3,(H,15,16,17). The van der Waals surface area contributed by atoms with Crippen LogP contribution in [0.15, 0.2) is 36.5 Å². The molecular weight excluding hydrogens is 226 g/mol. The van der Waals surface area contributed by atoms with Crippen LogP contribution in [0.2, 0.25) is 0 Å². The molecule has 0 aliphatic rings. The molecule has 0 atom stereocenters. The molecule has 0 aliphatic carbocycles. The van der Waals surface area contributed by atoms with Gasteiger partial charge in [0, 0.05) is 19.9 Å². The molecule has 1 aromatic carbocycles. The summed E-state index contributed by atoms with van der Waals surface area (Å²) < 4.78 is 5.19. The minimum Gasteiger partial charge on any atom is -0.380 e. The Bertz CT molecular complexity index is 514. The Morgan fingerprint density at radius 1 is 1.17 bits per heavy atom. The SMILES string of the molecule is COCc1ccccc1CNc1ccnc(C)n1. The first-order valence-electron chi connectivity index (χ1n) is 5.89. The lowest BCUT2D eigenvalue weighted by Gasteiger charge is -2.10. The van der Waals surface area contributed by atoms with Gasteiger partial charge in [-0.2, -0.15) is 0 Å². The fourth-order valence-electron chi connectivity index (χ4n) is 1.77. The van der Waals surface area contributed by atoms with E-state index in [1.165, 1.54) is 11.1 Å². The van der Waals surface area contributed by atoms with Crippen molar-refractivity contribution in [1.29, 1.82) is 0 Å². The third-order valence-corrected chi connectivity index (χ3v) is 2.65. The summed E-state index contributed by atoms with van der Waals surface area (Å²) in [4.78, 5) is 8.38. The van der Waals surface area contributed by atoms with E-state index in [0.29, 0.717) is 6.61 Å². The molecule has 1 aromatic heterocycles. The van der Waals surface area contributed by atoms with E-state index in [2.05, 4.69) is 27.4 Å². The van der Waals surface area contributed by atoms with Crippen molar-refractivity contribution in [1.82, 2.24) is 9.97 Å². The van der Waals surface area contributed by atoms with Gasteiger partial charge >= 0.3 is 0 Å². The molecule has 2 rings (SSSR count). The molecule has 1 heterocycles. The van der Waals surface area contributed by atoms with Gasteiger partial charge in [0.25, 0.3) is 0 Å². The lowest BCUT2D eigenvalue weighted by Crippen LogP contribution is -2.05. The second kappa shape index (κ2) is 6.12. The van der Waals surface area contributed by atoms with Crippen LogP contribution in [0.3, 0.4) is 0 Å². The number of hydrogen-bond donors (Lipinski definition) is 1. The maximum absolute atomic E-state index is 5.19. The predicted octanol–water partition coefficient (Wildman–Crippen LogP) is 2.54. The molecule has 18 heavy (non-hydrogen) atoms. The van der Waals surface area contributed by atoms with Crippen LogP contribution in [-0.4, -0.2) is 17.1 Å². The maximum atomic E-state index is 5.19. The number of aryl methyl sites for hydroxylation is 1. The summed E-state index contributed by atoms with van der Waals surface area (Å²) in [6.07, 6.45) is 1.76. The molecule has 0 amide bonds. The molecule has 94 valence electrons. The van der Waals surface area contributed by atoms with Crippen LogP contribution in [-0.2, 0) is 17.9 Å². The average molecular weight is 243 g/mol. The van der Waals surface area contributed by atoms with Crippen molar-refractivity contribution in [2.75, 3.05) is 12.4 Å². The minimum atomic E-state index is 0.626. The van der Waals surface area contributed by atoms with Crippen molar-refractivity contribution in [3.8, 4) is 0 Å². The van der Waals surface area contributed by atoms with Crippen LogP contribution in [0, 0.1) is 6.92 Å². The molecule has 0 unspecified atom stereocenters. The number of rotatable bonds is 5. The highest BCUT2D eigenvalue weighted by atomic mass is 16.5. The zero-order chi connectivity index (χ0) is 12.8. The summed E-state index contributed by atoms with van der Waals surface area (Å²) in [6, 6.07) is 10.1. The van der Waals surface area contributed by atoms with Crippen molar-refractivity contribution in [2.45, 2.75) is 20.1 Å². The Morgan fingerprint density at radius 3 is 2.67 bits per heavy atom. The van der Waals surface area contributed by atoms with E-state index in [1.807, 2.05) is 25.1 Å². The number of nitrogens with zero attached hydrogens (tertiary/aromatic N) is 2. The molecule has 0 bridgehead atoms. The molecule has 0 spiro atoms. The number of ether oxygens (including phenoxy) is 1. The summed E-state index contributed by atoms with van der Waals surface area (Å²) in [5, 5.41) is 3.29. The third-order valence-electron chi connectivity index (χ3n) is 2.65. The van der Waals surface area contributed by atoms with Crippen molar-refractivity contribution in [3.63, 3.8) is 0 Å². The van der Waals surface area contributed by atoms with Crippen LogP contribution >= 0.6 is 0 Å². The molecular formula is C14H17N3O. The topological polar surface area (TPSA) is 47.0 Å². The molecule has 0 radical (unpaired) electrons. The van der Waals surface area contributed by atoms with Crippen LogP contribution in [0.4, 0.5) is 5.82 Å². The van der Waals surface area contributed by atoms with Crippen LogP contribution in [0.1, 0.15) is 17.0 Å². The molecule has 0 saturated heterocycles. The van der Waals surface area contributed by atoms with Gasteiger partial charge in [-0.1, -0.05) is 24.3 Å². The highest BCUT2D eigenvalue weighted by Crippen LogP contribution is 2.12. The van der Waals surface area contributed by atoms with Crippen LogP contribution in [0.25, 0.3) is 0 Å². The Labute approximate surface area is 107 Å². The van der Waals surface area contributed by atoms with E-state index in [4.69, 9.17) is 4.74 Å². The van der Waals surface area contributed by atoms with Crippen molar-refractivity contribution in [3.05, 3.63) is 53.5 Å². The first-order chi connectivity index (χ1) is 8.79. The van der Waals surface area contributed by atoms with E-state index >= 15 is 0 Å². The summed E-state index contributed by atoms with van der Waals surface area (Å²) in [7, 11) is 1.71. The molecule has 4 heteroatoms. The second-order valence-electron chi connectivity index (χ2n) is 4.04. The molecule has 0 saturated carbocycles. The Hall–Kier alpha value is -1.94. The number of hydrogen-bond acceptors (Lipinski definition) is 4. The van der Waals surface area contributed by atoms with Crippen molar-refractivity contribution < 1.29 is 4.74 Å². The molecule has 0 fully saturated rings. The number of methoxy groups -OCH3 is 1. The Morgan fingerprint density at radius 2 is 1.94 bits per heavy atom. The predicted molar refractivity (Wildman–Crippen MR) is 71.3 cm³/mol. The normalized spacial score (nSPS) is 10.3. The van der Waals surface area contributed by atoms with Gasteiger partial charge in [-0.3, -0.25) is 0 Å². The van der Waals surface area contributed by atoms with Gasteiger partial charge in [-0.25, -0.2) is 9.97 Å². The lowest BCUT2D eigenvalue weighted by molar-refractivity contribution is 0.184. The van der Waals surface area contributed by atoms with Gasteiger partial charge in [0.2, 0.25) is 0 Å². The number of aromatic nitrogens is 2. The fraction of sp³-hybridized carbons (Fsp3) is 0.286. The van der Waals surface area contributed by atoms with E-state index in [0.717, 1.165) is 18.2 Å². The highest BCUT2D eigenvalue weighted by molar-refractivity contribution is 5.36. The Balaban J connectivity index is 2.06. The van der Waals surface area contributed by atoms with Crippen LogP contribution in [0.5, 0.6) is 0 Å². The maximum Gasteiger partial charge on any atom is 0.129 e. The third kappa shape index (κ3) is 3.28. The molecule has 2 aromatic rings. The van der Waals surface area contributed by atoms with Crippen LogP contribution < -0.4 is 5.32 Å².